The Morgan fingerprint density at radius 2 is 2.05 bits per heavy atom. The summed E-state index contributed by atoms with van der Waals surface area (Å²) in [5.74, 6) is 0.543. The lowest BCUT2D eigenvalue weighted by Gasteiger charge is -2.18. The second-order valence-corrected chi connectivity index (χ2v) is 5.92. The van der Waals surface area contributed by atoms with Crippen molar-refractivity contribution in [3.8, 4) is 0 Å². The first-order valence-electron chi connectivity index (χ1n) is 7.30. The van der Waals surface area contributed by atoms with E-state index in [0.29, 0.717) is 12.5 Å². The molecule has 110 valence electrons. The minimum atomic E-state index is -0.0315. The Balaban J connectivity index is 1.95. The molecule has 1 fully saturated rings. The van der Waals surface area contributed by atoms with Crippen LogP contribution in [0.5, 0.6) is 0 Å². The topological polar surface area (TPSA) is 44.4 Å². The second-order valence-electron chi connectivity index (χ2n) is 5.92. The highest BCUT2D eigenvalue weighted by molar-refractivity contribution is 5.82. The van der Waals surface area contributed by atoms with Crippen LogP contribution >= 0.6 is 0 Å². The molecular formula is C16H25N3O. The van der Waals surface area contributed by atoms with Gasteiger partial charge >= 0.3 is 0 Å². The van der Waals surface area contributed by atoms with Crippen molar-refractivity contribution in [2.24, 2.45) is 5.92 Å². The molecule has 1 aromatic rings. The van der Waals surface area contributed by atoms with E-state index in [0.717, 1.165) is 19.5 Å². The number of hydrogen-bond donors (Lipinski definition) is 2. The van der Waals surface area contributed by atoms with Gasteiger partial charge in [0.25, 0.3) is 0 Å². The molecule has 1 aliphatic rings. The van der Waals surface area contributed by atoms with Gasteiger partial charge in [-0.1, -0.05) is 31.2 Å². The predicted molar refractivity (Wildman–Crippen MR) is 81.3 cm³/mol. The zero-order valence-corrected chi connectivity index (χ0v) is 12.6. The Morgan fingerprint density at radius 3 is 2.65 bits per heavy atom. The highest BCUT2D eigenvalue weighted by Gasteiger charge is 2.28. The van der Waals surface area contributed by atoms with E-state index in [1.165, 1.54) is 11.1 Å². The monoisotopic (exact) mass is 275 g/mol. The van der Waals surface area contributed by atoms with E-state index < -0.39 is 0 Å². The first kappa shape index (κ1) is 15.0. The van der Waals surface area contributed by atoms with Gasteiger partial charge in [0.05, 0.1) is 6.04 Å². The van der Waals surface area contributed by atoms with Gasteiger partial charge in [-0.15, -0.1) is 0 Å². The third-order valence-corrected chi connectivity index (χ3v) is 3.87. The summed E-state index contributed by atoms with van der Waals surface area (Å²) in [7, 11) is 4.11. The van der Waals surface area contributed by atoms with E-state index in [1.54, 1.807) is 0 Å². The predicted octanol–water partition coefficient (Wildman–Crippen LogP) is 1.36. The molecule has 2 unspecified atom stereocenters. The average molecular weight is 275 g/mol. The van der Waals surface area contributed by atoms with E-state index in [9.17, 15) is 4.79 Å². The number of rotatable bonds is 5. The summed E-state index contributed by atoms with van der Waals surface area (Å²) in [6.07, 6.45) is 1.08. The normalized spacial score (nSPS) is 22.2. The Bertz CT molecular complexity index is 459. The third-order valence-electron chi connectivity index (χ3n) is 3.87. The van der Waals surface area contributed by atoms with Gasteiger partial charge in [0.2, 0.25) is 5.91 Å². The third kappa shape index (κ3) is 3.81. The van der Waals surface area contributed by atoms with Gasteiger partial charge in [0, 0.05) is 13.1 Å². The summed E-state index contributed by atoms with van der Waals surface area (Å²) in [6, 6.07) is 8.25. The van der Waals surface area contributed by atoms with Gasteiger partial charge in [-0.2, -0.15) is 0 Å². The van der Waals surface area contributed by atoms with Gasteiger partial charge in [-0.05, 0) is 44.1 Å². The number of nitrogens with zero attached hydrogens (tertiary/aromatic N) is 1. The molecule has 2 N–H and O–H groups in total. The molecule has 4 heteroatoms. The van der Waals surface area contributed by atoms with Crippen molar-refractivity contribution in [1.29, 1.82) is 0 Å². The van der Waals surface area contributed by atoms with Crippen LogP contribution in [-0.2, 0) is 17.9 Å². The van der Waals surface area contributed by atoms with E-state index >= 15 is 0 Å². The molecule has 0 saturated carbocycles. The van der Waals surface area contributed by atoms with Crippen LogP contribution in [0.25, 0.3) is 0 Å². The lowest BCUT2D eigenvalue weighted by atomic mass is 10.0. The van der Waals surface area contributed by atoms with Crippen LogP contribution in [0.1, 0.15) is 24.5 Å². The number of benzene rings is 1. The first-order valence-corrected chi connectivity index (χ1v) is 7.30. The van der Waals surface area contributed by atoms with Crippen LogP contribution in [-0.4, -0.2) is 37.5 Å². The minimum Gasteiger partial charge on any atom is -0.351 e. The van der Waals surface area contributed by atoms with Crippen molar-refractivity contribution in [1.82, 2.24) is 15.5 Å². The number of carbonyl (C=O) groups excluding carboxylic acids is 1. The molecule has 0 bridgehead atoms. The quantitative estimate of drug-likeness (QED) is 0.853. The molecule has 20 heavy (non-hydrogen) atoms. The molecule has 2 atom stereocenters. The number of carbonyl (C=O) groups is 1. The largest absolute Gasteiger partial charge is 0.351 e. The minimum absolute atomic E-state index is 0.0315. The van der Waals surface area contributed by atoms with E-state index in [4.69, 9.17) is 0 Å². The first-order chi connectivity index (χ1) is 9.58. The van der Waals surface area contributed by atoms with Crippen molar-refractivity contribution < 1.29 is 4.79 Å². The van der Waals surface area contributed by atoms with Crippen LogP contribution < -0.4 is 10.6 Å². The SMILES string of the molecule is CC1CCNC1C(=O)NCc1ccccc1CN(C)C. The van der Waals surface area contributed by atoms with E-state index in [2.05, 4.69) is 48.7 Å². The molecule has 1 amide bonds. The van der Waals surface area contributed by atoms with E-state index in [-0.39, 0.29) is 11.9 Å². The zero-order chi connectivity index (χ0) is 14.5. The lowest BCUT2D eigenvalue weighted by molar-refractivity contribution is -0.123. The van der Waals surface area contributed by atoms with Gasteiger partial charge in [0.1, 0.15) is 0 Å². The van der Waals surface area contributed by atoms with Gasteiger partial charge < -0.3 is 15.5 Å². The molecule has 1 aliphatic heterocycles. The molecule has 0 spiro atoms. The van der Waals surface area contributed by atoms with Gasteiger partial charge in [-0.3, -0.25) is 4.79 Å². The maximum Gasteiger partial charge on any atom is 0.237 e. The molecule has 1 saturated heterocycles. The maximum absolute atomic E-state index is 12.2. The highest BCUT2D eigenvalue weighted by Crippen LogP contribution is 2.15. The summed E-state index contributed by atoms with van der Waals surface area (Å²) < 4.78 is 0. The van der Waals surface area contributed by atoms with Crippen LogP contribution in [0.15, 0.2) is 24.3 Å². The van der Waals surface area contributed by atoms with Gasteiger partial charge in [0.15, 0.2) is 0 Å². The smallest absolute Gasteiger partial charge is 0.237 e. The van der Waals surface area contributed by atoms with Crippen molar-refractivity contribution in [3.05, 3.63) is 35.4 Å². The van der Waals surface area contributed by atoms with Crippen LogP contribution in [0.4, 0.5) is 0 Å². The molecule has 0 radical (unpaired) electrons. The van der Waals surface area contributed by atoms with Crippen molar-refractivity contribution >= 4 is 5.91 Å². The Kier molecular flexibility index (Phi) is 5.15. The van der Waals surface area contributed by atoms with E-state index in [1.807, 2.05) is 12.1 Å². The molecule has 2 rings (SSSR count). The Morgan fingerprint density at radius 1 is 1.35 bits per heavy atom. The number of amides is 1. The molecule has 1 heterocycles. The highest BCUT2D eigenvalue weighted by atomic mass is 16.2. The summed E-state index contributed by atoms with van der Waals surface area (Å²) in [5, 5.41) is 6.33. The maximum atomic E-state index is 12.2. The van der Waals surface area contributed by atoms with Gasteiger partial charge in [-0.25, -0.2) is 0 Å². The van der Waals surface area contributed by atoms with Crippen molar-refractivity contribution in [2.75, 3.05) is 20.6 Å². The van der Waals surface area contributed by atoms with Crippen LogP contribution in [0.2, 0.25) is 0 Å². The van der Waals surface area contributed by atoms with Crippen molar-refractivity contribution in [2.45, 2.75) is 32.5 Å². The molecule has 0 aliphatic carbocycles. The van der Waals surface area contributed by atoms with Crippen molar-refractivity contribution in [3.63, 3.8) is 0 Å². The molecule has 1 aromatic carbocycles. The summed E-state index contributed by atoms with van der Waals surface area (Å²) in [6.45, 7) is 4.57. The fraction of sp³-hybridized carbons (Fsp3) is 0.562. The second kappa shape index (κ2) is 6.86. The lowest BCUT2D eigenvalue weighted by Crippen LogP contribution is -2.43. The zero-order valence-electron chi connectivity index (χ0n) is 12.6. The standard InChI is InChI=1S/C16H25N3O/c1-12-8-9-17-15(12)16(20)18-10-13-6-4-5-7-14(13)11-19(2)3/h4-7,12,15,17H,8-11H2,1-3H3,(H,18,20). The number of nitrogens with one attached hydrogen (secondary N) is 2. The fourth-order valence-electron chi connectivity index (χ4n) is 2.70. The Labute approximate surface area is 121 Å². The number of hydrogen-bond acceptors (Lipinski definition) is 3. The summed E-state index contributed by atoms with van der Waals surface area (Å²) in [4.78, 5) is 14.3. The molecule has 0 aromatic heterocycles. The molecule has 4 nitrogen and oxygen atoms in total. The fourth-order valence-corrected chi connectivity index (χ4v) is 2.70. The Hall–Kier alpha value is -1.39. The molecular weight excluding hydrogens is 250 g/mol. The summed E-state index contributed by atoms with van der Waals surface area (Å²) >= 11 is 0. The van der Waals surface area contributed by atoms with Crippen LogP contribution in [0, 0.1) is 5.92 Å². The average Bonchev–Trinajstić information content (AvgIpc) is 2.83. The van der Waals surface area contributed by atoms with Crippen LogP contribution in [0.3, 0.4) is 0 Å². The summed E-state index contributed by atoms with van der Waals surface area (Å²) in [5.41, 5.74) is 2.46.